The molecule has 2 aromatic heterocycles. The number of nitrogens with one attached hydrogen (secondary N) is 2. The third-order valence-corrected chi connectivity index (χ3v) is 3.42. The van der Waals surface area contributed by atoms with E-state index >= 15 is 0 Å². The first kappa shape index (κ1) is 10.1. The van der Waals surface area contributed by atoms with Crippen LogP contribution in [0.25, 0.3) is 32.6 Å². The quantitative estimate of drug-likeness (QED) is 0.416. The Morgan fingerprint density at radius 3 is 2.37 bits per heavy atom. The largest absolute Gasteiger partial charge is 0.508 e. The fourth-order valence-corrected chi connectivity index (χ4v) is 2.67. The summed E-state index contributed by atoms with van der Waals surface area (Å²) in [5.41, 5.74) is 0.566. The number of aromatic nitrogens is 2. The van der Waals surface area contributed by atoms with Gasteiger partial charge >= 0.3 is 0 Å². The summed E-state index contributed by atoms with van der Waals surface area (Å²) in [6, 6.07) is 8.06. The third-order valence-electron chi connectivity index (χ3n) is 3.42. The van der Waals surface area contributed by atoms with Crippen molar-refractivity contribution >= 4 is 32.6 Å². The molecule has 4 rings (SSSR count). The van der Waals surface area contributed by atoms with E-state index in [0.29, 0.717) is 27.2 Å². The molecule has 0 saturated carbocycles. The molecular formula is C14H8N2O3. The van der Waals surface area contributed by atoms with Crippen molar-refractivity contribution in [3.05, 3.63) is 51.0 Å². The molecule has 3 N–H and O–H groups in total. The monoisotopic (exact) mass is 252 g/mol. The molecule has 4 aromatic rings. The van der Waals surface area contributed by atoms with E-state index in [9.17, 15) is 14.7 Å². The van der Waals surface area contributed by atoms with Gasteiger partial charge in [0.1, 0.15) is 5.75 Å². The van der Waals surface area contributed by atoms with Gasteiger partial charge in [-0.05, 0) is 18.2 Å². The third kappa shape index (κ3) is 1.18. The van der Waals surface area contributed by atoms with Crippen molar-refractivity contribution in [3.63, 3.8) is 0 Å². The number of aromatic hydroxyl groups is 1. The maximum atomic E-state index is 12.0. The van der Waals surface area contributed by atoms with Crippen LogP contribution in [0, 0.1) is 0 Å². The summed E-state index contributed by atoms with van der Waals surface area (Å²) in [6.07, 6.45) is 0. The van der Waals surface area contributed by atoms with E-state index in [0.717, 1.165) is 5.39 Å². The number of phenolic OH excluding ortho intramolecular Hbond substituents is 1. The van der Waals surface area contributed by atoms with E-state index in [-0.39, 0.29) is 16.9 Å². The molecule has 0 aliphatic heterocycles. The molecule has 0 saturated heterocycles. The van der Waals surface area contributed by atoms with E-state index < -0.39 is 0 Å². The lowest BCUT2D eigenvalue weighted by Gasteiger charge is -2.09. The van der Waals surface area contributed by atoms with E-state index in [1.54, 1.807) is 18.2 Å². The number of H-pyrrole nitrogens is 2. The zero-order chi connectivity index (χ0) is 13.1. The predicted octanol–water partition coefficient (Wildman–Crippen LogP) is 1.67. The van der Waals surface area contributed by atoms with Crippen molar-refractivity contribution in [1.82, 2.24) is 9.97 Å². The van der Waals surface area contributed by atoms with Gasteiger partial charge in [-0.2, -0.15) is 0 Å². The van der Waals surface area contributed by atoms with Crippen LogP contribution in [-0.2, 0) is 0 Å². The second-order valence-corrected chi connectivity index (χ2v) is 4.55. The van der Waals surface area contributed by atoms with E-state index in [1.807, 2.05) is 0 Å². The first-order chi connectivity index (χ1) is 9.15. The van der Waals surface area contributed by atoms with Crippen LogP contribution in [-0.4, -0.2) is 15.1 Å². The molecule has 0 unspecified atom stereocenters. The highest BCUT2D eigenvalue weighted by Gasteiger charge is 2.14. The minimum Gasteiger partial charge on any atom is -0.508 e. The Balaban J connectivity index is 2.56. The fourth-order valence-electron chi connectivity index (χ4n) is 2.67. The Morgan fingerprint density at radius 2 is 1.53 bits per heavy atom. The summed E-state index contributed by atoms with van der Waals surface area (Å²) < 4.78 is 0. The van der Waals surface area contributed by atoms with Gasteiger partial charge in [0.15, 0.2) is 0 Å². The lowest BCUT2D eigenvalue weighted by Crippen LogP contribution is -2.12. The standard InChI is InChI=1S/C14H8N2O3/c17-6-4-8-12-10(5-6)16-13(18)7-2-1-3-9(11(7)12)15-14(8)19/h1-5,17H,(H,15,19)(H,16,18). The van der Waals surface area contributed by atoms with Crippen LogP contribution in [0.2, 0.25) is 0 Å². The van der Waals surface area contributed by atoms with Gasteiger partial charge in [-0.3, -0.25) is 9.59 Å². The Kier molecular flexibility index (Phi) is 1.67. The molecule has 0 bridgehead atoms. The number of hydrogen-bond donors (Lipinski definition) is 3. The summed E-state index contributed by atoms with van der Waals surface area (Å²) in [5.74, 6) is -0.0490. The lowest BCUT2D eigenvalue weighted by atomic mass is 10.0. The van der Waals surface area contributed by atoms with Crippen molar-refractivity contribution in [1.29, 1.82) is 0 Å². The minimum absolute atomic E-state index is 0.0490. The van der Waals surface area contributed by atoms with Crippen molar-refractivity contribution in [3.8, 4) is 5.75 Å². The summed E-state index contributed by atoms with van der Waals surface area (Å²) in [5, 5.41) is 11.9. The molecule has 0 amide bonds. The molecule has 0 spiro atoms. The van der Waals surface area contributed by atoms with Crippen LogP contribution in [0.5, 0.6) is 5.75 Å². The van der Waals surface area contributed by atoms with Crippen LogP contribution >= 0.6 is 0 Å². The van der Waals surface area contributed by atoms with Crippen LogP contribution in [0.4, 0.5) is 0 Å². The van der Waals surface area contributed by atoms with Crippen molar-refractivity contribution in [2.75, 3.05) is 0 Å². The highest BCUT2D eigenvalue weighted by atomic mass is 16.3. The van der Waals surface area contributed by atoms with Gasteiger partial charge in [-0.1, -0.05) is 6.07 Å². The van der Waals surface area contributed by atoms with Gasteiger partial charge in [-0.25, -0.2) is 0 Å². The molecule has 0 aliphatic carbocycles. The molecule has 92 valence electrons. The Labute approximate surface area is 105 Å². The highest BCUT2D eigenvalue weighted by Crippen LogP contribution is 2.30. The van der Waals surface area contributed by atoms with Gasteiger partial charge < -0.3 is 15.1 Å². The van der Waals surface area contributed by atoms with Crippen molar-refractivity contribution in [2.24, 2.45) is 0 Å². The number of rotatable bonds is 0. The van der Waals surface area contributed by atoms with E-state index in [2.05, 4.69) is 9.97 Å². The Morgan fingerprint density at radius 1 is 0.842 bits per heavy atom. The number of aromatic amines is 2. The highest BCUT2D eigenvalue weighted by molar-refractivity contribution is 6.20. The fraction of sp³-hybridized carbons (Fsp3) is 0. The smallest absolute Gasteiger partial charge is 0.256 e. The molecular weight excluding hydrogens is 244 g/mol. The van der Waals surface area contributed by atoms with E-state index in [4.69, 9.17) is 0 Å². The topological polar surface area (TPSA) is 85.9 Å². The molecule has 0 aliphatic rings. The molecule has 5 heteroatoms. The number of benzene rings is 2. The predicted molar refractivity (Wildman–Crippen MR) is 73.1 cm³/mol. The molecule has 2 heterocycles. The zero-order valence-electron chi connectivity index (χ0n) is 9.65. The van der Waals surface area contributed by atoms with Crippen molar-refractivity contribution < 1.29 is 5.11 Å². The average molecular weight is 252 g/mol. The SMILES string of the molecule is O=c1[nH]c2cc(O)cc3c(=O)[nH]c4cccc1c4c23. The summed E-state index contributed by atoms with van der Waals surface area (Å²) >= 11 is 0. The Bertz CT molecular complexity index is 1060. The summed E-state index contributed by atoms with van der Waals surface area (Å²) in [6.45, 7) is 0. The first-order valence-electron chi connectivity index (χ1n) is 5.78. The van der Waals surface area contributed by atoms with Gasteiger partial charge in [0, 0.05) is 27.7 Å². The minimum atomic E-state index is -0.284. The number of hydrogen-bond acceptors (Lipinski definition) is 3. The zero-order valence-corrected chi connectivity index (χ0v) is 9.65. The molecule has 0 radical (unpaired) electrons. The average Bonchev–Trinajstić information content (AvgIpc) is 2.37. The molecule has 0 fully saturated rings. The lowest BCUT2D eigenvalue weighted by molar-refractivity contribution is 0.476. The summed E-state index contributed by atoms with van der Waals surface area (Å²) in [7, 11) is 0. The van der Waals surface area contributed by atoms with Crippen LogP contribution in [0.1, 0.15) is 0 Å². The van der Waals surface area contributed by atoms with Gasteiger partial charge in [0.05, 0.1) is 10.9 Å². The molecule has 19 heavy (non-hydrogen) atoms. The van der Waals surface area contributed by atoms with Gasteiger partial charge in [0.2, 0.25) is 0 Å². The second kappa shape index (κ2) is 3.14. The molecule has 0 atom stereocenters. The Hall–Kier alpha value is -2.82. The molecule has 2 aromatic carbocycles. The van der Waals surface area contributed by atoms with Crippen LogP contribution < -0.4 is 11.1 Å². The number of pyridine rings is 2. The first-order valence-corrected chi connectivity index (χ1v) is 5.78. The molecule has 5 nitrogen and oxygen atoms in total. The van der Waals surface area contributed by atoms with Crippen LogP contribution in [0.3, 0.4) is 0 Å². The van der Waals surface area contributed by atoms with Crippen molar-refractivity contribution in [2.45, 2.75) is 0 Å². The summed E-state index contributed by atoms with van der Waals surface area (Å²) in [4.78, 5) is 29.5. The van der Waals surface area contributed by atoms with E-state index in [1.165, 1.54) is 12.1 Å². The second-order valence-electron chi connectivity index (χ2n) is 4.55. The van der Waals surface area contributed by atoms with Gasteiger partial charge in [0.25, 0.3) is 11.1 Å². The maximum absolute atomic E-state index is 12.0. The normalized spacial score (nSPS) is 11.8. The van der Waals surface area contributed by atoms with Crippen LogP contribution in [0.15, 0.2) is 39.9 Å². The number of phenols is 1. The van der Waals surface area contributed by atoms with Gasteiger partial charge in [-0.15, -0.1) is 0 Å². The maximum Gasteiger partial charge on any atom is 0.256 e.